The molecule has 5 rings (SSSR count). The van der Waals surface area contributed by atoms with Gasteiger partial charge in [0.1, 0.15) is 0 Å². The smallest absolute Gasteiger partial charge is 0.328 e. The van der Waals surface area contributed by atoms with Gasteiger partial charge in [0.15, 0.2) is 0 Å². The standard InChI is InChI=1S/C26H33N3.C4H4O4/c1-21(28-13-11-23(12-14-28)17-22-7-3-2-4-8-22)19-27-15-16-29-25(20-27)18-24-9-5-6-10-26(24)29;5-3(6)1-2-4(7)8/h2-10,18,21,23H,11-17,19-20H2,1H3;1-2H,(H,5,6)(H,7,8). The average molecular weight is 504 g/mol. The third-order valence-electron chi connectivity index (χ3n) is 7.45. The van der Waals surface area contributed by atoms with Crippen molar-refractivity contribution < 1.29 is 19.8 Å². The fourth-order valence-electron chi connectivity index (χ4n) is 5.54. The minimum atomic E-state index is -1.26. The third-order valence-corrected chi connectivity index (χ3v) is 7.45. The lowest BCUT2D eigenvalue weighted by Gasteiger charge is -2.39. The van der Waals surface area contributed by atoms with Crippen LogP contribution in [0.4, 0.5) is 0 Å². The molecule has 1 unspecified atom stereocenters. The Kier molecular flexibility index (Phi) is 9.14. The normalized spacial score (nSPS) is 17.8. The number of likely N-dealkylation sites (tertiary alicyclic amines) is 1. The van der Waals surface area contributed by atoms with E-state index in [0.29, 0.717) is 18.2 Å². The number of hydrogen-bond donors (Lipinski definition) is 2. The van der Waals surface area contributed by atoms with E-state index in [4.69, 9.17) is 10.2 Å². The number of piperidine rings is 1. The second-order valence-electron chi connectivity index (χ2n) is 10.1. The fraction of sp³-hybridized carbons (Fsp3) is 0.400. The monoisotopic (exact) mass is 503 g/mol. The van der Waals surface area contributed by atoms with Crippen molar-refractivity contribution in [1.29, 1.82) is 0 Å². The summed E-state index contributed by atoms with van der Waals surface area (Å²) in [6.45, 7) is 9.50. The van der Waals surface area contributed by atoms with Crippen LogP contribution >= 0.6 is 0 Å². The van der Waals surface area contributed by atoms with Crippen LogP contribution in [0, 0.1) is 5.92 Å². The van der Waals surface area contributed by atoms with Crippen molar-refractivity contribution in [3.05, 3.63) is 84.1 Å². The van der Waals surface area contributed by atoms with Gasteiger partial charge in [0.2, 0.25) is 0 Å². The molecular weight excluding hydrogens is 466 g/mol. The summed E-state index contributed by atoms with van der Waals surface area (Å²) in [4.78, 5) is 24.5. The van der Waals surface area contributed by atoms with Gasteiger partial charge in [0.25, 0.3) is 0 Å². The summed E-state index contributed by atoms with van der Waals surface area (Å²) in [6, 6.07) is 22.9. The number of aliphatic carboxylic acids is 2. The molecule has 1 aromatic heterocycles. The van der Waals surface area contributed by atoms with Crippen LogP contribution in [0.2, 0.25) is 0 Å². The molecule has 2 aliphatic heterocycles. The van der Waals surface area contributed by atoms with Crippen molar-refractivity contribution in [1.82, 2.24) is 14.4 Å². The van der Waals surface area contributed by atoms with Crippen LogP contribution in [-0.4, -0.2) is 68.7 Å². The highest BCUT2D eigenvalue weighted by molar-refractivity contribution is 5.89. The van der Waals surface area contributed by atoms with Gasteiger partial charge in [-0.15, -0.1) is 0 Å². The first-order valence-electron chi connectivity index (χ1n) is 13.1. The van der Waals surface area contributed by atoms with E-state index in [9.17, 15) is 9.59 Å². The Bertz CT molecular complexity index is 1200. The lowest BCUT2D eigenvalue weighted by atomic mass is 9.89. The molecule has 1 saturated heterocycles. The second-order valence-corrected chi connectivity index (χ2v) is 10.1. The molecule has 0 spiro atoms. The molecule has 37 heavy (non-hydrogen) atoms. The number of hydrogen-bond acceptors (Lipinski definition) is 4. The number of para-hydroxylation sites is 1. The van der Waals surface area contributed by atoms with Crippen LogP contribution in [0.15, 0.2) is 72.8 Å². The number of nitrogens with zero attached hydrogens (tertiary/aromatic N) is 3. The van der Waals surface area contributed by atoms with E-state index >= 15 is 0 Å². The Morgan fingerprint density at radius 3 is 2.24 bits per heavy atom. The SMILES string of the molecule is CC(CN1CCn2c(cc3ccccc32)C1)N1CCC(Cc2ccccc2)CC1.O=C(O)C=CC(=O)O. The molecule has 0 radical (unpaired) electrons. The third kappa shape index (κ3) is 7.54. The molecule has 0 amide bonds. The van der Waals surface area contributed by atoms with Gasteiger partial charge in [-0.05, 0) is 68.3 Å². The summed E-state index contributed by atoms with van der Waals surface area (Å²) in [6.07, 6.45) is 5.05. The molecule has 3 heterocycles. The summed E-state index contributed by atoms with van der Waals surface area (Å²) in [5.41, 5.74) is 4.38. The van der Waals surface area contributed by atoms with Gasteiger partial charge in [-0.2, -0.15) is 0 Å². The Hall–Kier alpha value is -3.42. The number of carboxylic acids is 2. The van der Waals surface area contributed by atoms with E-state index in [1.807, 2.05) is 0 Å². The van der Waals surface area contributed by atoms with Gasteiger partial charge in [-0.3, -0.25) is 9.80 Å². The highest BCUT2D eigenvalue weighted by Gasteiger charge is 2.26. The van der Waals surface area contributed by atoms with Crippen molar-refractivity contribution in [3.63, 3.8) is 0 Å². The number of fused-ring (bicyclic) bond motifs is 3. The highest BCUT2D eigenvalue weighted by Crippen LogP contribution is 2.26. The largest absolute Gasteiger partial charge is 0.478 e. The maximum absolute atomic E-state index is 9.55. The lowest BCUT2D eigenvalue weighted by molar-refractivity contribution is -0.134. The molecule has 0 aliphatic carbocycles. The molecule has 2 aromatic carbocycles. The molecule has 1 fully saturated rings. The first-order valence-corrected chi connectivity index (χ1v) is 13.1. The minimum Gasteiger partial charge on any atom is -0.478 e. The van der Waals surface area contributed by atoms with Crippen LogP contribution < -0.4 is 0 Å². The molecular formula is C30H37N3O4. The van der Waals surface area contributed by atoms with Gasteiger partial charge in [-0.1, -0.05) is 48.5 Å². The van der Waals surface area contributed by atoms with Crippen LogP contribution in [0.5, 0.6) is 0 Å². The van der Waals surface area contributed by atoms with Crippen molar-refractivity contribution >= 4 is 22.8 Å². The first-order chi connectivity index (χ1) is 17.9. The van der Waals surface area contributed by atoms with E-state index in [1.165, 1.54) is 67.6 Å². The topological polar surface area (TPSA) is 86.0 Å². The summed E-state index contributed by atoms with van der Waals surface area (Å²) < 4.78 is 2.52. The fourth-order valence-corrected chi connectivity index (χ4v) is 5.54. The van der Waals surface area contributed by atoms with Crippen molar-refractivity contribution in [2.45, 2.75) is 45.3 Å². The molecule has 7 nitrogen and oxygen atoms in total. The number of benzene rings is 2. The zero-order chi connectivity index (χ0) is 26.2. The van der Waals surface area contributed by atoms with E-state index in [1.54, 1.807) is 0 Å². The van der Waals surface area contributed by atoms with Crippen molar-refractivity contribution in [2.75, 3.05) is 26.2 Å². The summed E-state index contributed by atoms with van der Waals surface area (Å²) in [5.74, 6) is -1.66. The van der Waals surface area contributed by atoms with E-state index in [2.05, 4.69) is 82.0 Å². The first kappa shape index (κ1) is 26.6. The van der Waals surface area contributed by atoms with Crippen molar-refractivity contribution in [2.24, 2.45) is 5.92 Å². The van der Waals surface area contributed by atoms with E-state index in [0.717, 1.165) is 19.0 Å². The summed E-state index contributed by atoms with van der Waals surface area (Å²) in [5, 5.41) is 17.0. The minimum absolute atomic E-state index is 0.558. The molecule has 1 atom stereocenters. The Morgan fingerprint density at radius 2 is 1.57 bits per heavy atom. The molecule has 3 aromatic rings. The van der Waals surface area contributed by atoms with Gasteiger partial charge < -0.3 is 14.8 Å². The van der Waals surface area contributed by atoms with Gasteiger partial charge >= 0.3 is 11.9 Å². The van der Waals surface area contributed by atoms with Crippen LogP contribution in [0.1, 0.15) is 31.0 Å². The highest BCUT2D eigenvalue weighted by atomic mass is 16.4. The van der Waals surface area contributed by atoms with Gasteiger partial charge in [0, 0.05) is 55.6 Å². The second kappa shape index (κ2) is 12.7. The molecule has 2 aliphatic rings. The Morgan fingerprint density at radius 1 is 0.919 bits per heavy atom. The Labute approximate surface area is 218 Å². The van der Waals surface area contributed by atoms with Crippen LogP contribution in [0.25, 0.3) is 10.9 Å². The number of carboxylic acid groups (broad SMARTS) is 2. The van der Waals surface area contributed by atoms with E-state index < -0.39 is 11.9 Å². The zero-order valence-electron chi connectivity index (χ0n) is 21.5. The van der Waals surface area contributed by atoms with Gasteiger partial charge in [-0.25, -0.2) is 9.59 Å². The molecule has 0 bridgehead atoms. The number of carbonyl (C=O) groups is 2. The maximum atomic E-state index is 9.55. The van der Waals surface area contributed by atoms with Crippen LogP contribution in [-0.2, 0) is 29.1 Å². The molecule has 2 N–H and O–H groups in total. The number of aromatic nitrogens is 1. The van der Waals surface area contributed by atoms with Gasteiger partial charge in [0.05, 0.1) is 0 Å². The molecule has 7 heteroatoms. The summed E-state index contributed by atoms with van der Waals surface area (Å²) in [7, 11) is 0. The predicted octanol–water partition coefficient (Wildman–Crippen LogP) is 4.51. The average Bonchev–Trinajstić information content (AvgIpc) is 3.27. The summed E-state index contributed by atoms with van der Waals surface area (Å²) >= 11 is 0. The lowest BCUT2D eigenvalue weighted by Crippen LogP contribution is -2.47. The molecule has 0 saturated carbocycles. The predicted molar refractivity (Wildman–Crippen MR) is 146 cm³/mol. The maximum Gasteiger partial charge on any atom is 0.328 e. The molecule has 196 valence electrons. The van der Waals surface area contributed by atoms with Crippen LogP contribution in [0.3, 0.4) is 0 Å². The van der Waals surface area contributed by atoms with Crippen molar-refractivity contribution in [3.8, 4) is 0 Å². The quantitative estimate of drug-likeness (QED) is 0.462. The zero-order valence-corrected chi connectivity index (χ0v) is 21.5. The Balaban J connectivity index is 0.000000349. The van der Waals surface area contributed by atoms with E-state index in [-0.39, 0.29) is 0 Å². The number of rotatable bonds is 7.